The van der Waals surface area contributed by atoms with Crippen LogP contribution < -0.4 is 10.2 Å². The van der Waals surface area contributed by atoms with E-state index in [9.17, 15) is 4.79 Å². The first-order valence-corrected chi connectivity index (χ1v) is 13.6. The number of likely N-dealkylation sites (tertiary alicyclic amines) is 1. The van der Waals surface area contributed by atoms with Gasteiger partial charge in [-0.05, 0) is 61.4 Å². The van der Waals surface area contributed by atoms with Gasteiger partial charge < -0.3 is 14.7 Å². The number of aromatic nitrogens is 2. The molecule has 0 atom stereocenters. The van der Waals surface area contributed by atoms with Gasteiger partial charge in [0, 0.05) is 36.8 Å². The van der Waals surface area contributed by atoms with Gasteiger partial charge in [0.05, 0.1) is 6.54 Å². The monoisotopic (exact) mass is 501 g/mol. The third kappa shape index (κ3) is 6.21. The topological polar surface area (TPSA) is 74.5 Å². The fourth-order valence-electron chi connectivity index (χ4n) is 5.36. The summed E-state index contributed by atoms with van der Waals surface area (Å²) in [5, 5.41) is 7.36. The lowest BCUT2D eigenvalue weighted by atomic mass is 9.87. The summed E-state index contributed by atoms with van der Waals surface area (Å²) in [6.45, 7) is 11.8. The number of hydrogen-bond acceptors (Lipinski definition) is 6. The molecule has 7 heteroatoms. The number of carbonyl (C=O) groups is 1. The van der Waals surface area contributed by atoms with Gasteiger partial charge in [0.2, 0.25) is 17.6 Å². The molecular weight excluding hydrogens is 462 g/mol. The second-order valence-corrected chi connectivity index (χ2v) is 11.4. The number of rotatable bonds is 8. The lowest BCUT2D eigenvalue weighted by Gasteiger charge is -2.30. The summed E-state index contributed by atoms with van der Waals surface area (Å²) < 4.78 is 5.54. The zero-order chi connectivity index (χ0) is 25.8. The molecule has 1 saturated heterocycles. The molecule has 0 spiro atoms. The SMILES string of the molecule is CC(C)(C)c1ccc(-c2noc(CN3CCC(C(=O)NCCCN4CCc5ccccc54)CC3)n2)cc1. The highest BCUT2D eigenvalue weighted by Crippen LogP contribution is 2.28. The number of carbonyl (C=O) groups excluding carboxylic acids is 1. The third-order valence-electron chi connectivity index (χ3n) is 7.68. The van der Waals surface area contributed by atoms with Crippen molar-refractivity contribution in [2.45, 2.75) is 58.4 Å². The number of nitrogens with one attached hydrogen (secondary N) is 1. The molecule has 0 saturated carbocycles. The number of nitrogens with zero attached hydrogens (tertiary/aromatic N) is 4. The van der Waals surface area contributed by atoms with E-state index < -0.39 is 0 Å². The molecule has 1 N–H and O–H groups in total. The molecule has 2 aromatic carbocycles. The fourth-order valence-corrected chi connectivity index (χ4v) is 5.36. The highest BCUT2D eigenvalue weighted by molar-refractivity contribution is 5.78. The Morgan fingerprint density at radius 1 is 1.05 bits per heavy atom. The number of hydrogen-bond donors (Lipinski definition) is 1. The molecule has 3 aromatic rings. The Kier molecular flexibility index (Phi) is 7.60. The van der Waals surface area contributed by atoms with E-state index in [1.54, 1.807) is 0 Å². The summed E-state index contributed by atoms with van der Waals surface area (Å²) in [6.07, 6.45) is 3.81. The molecule has 2 aliphatic rings. The van der Waals surface area contributed by atoms with E-state index in [0.29, 0.717) is 18.3 Å². The summed E-state index contributed by atoms with van der Waals surface area (Å²) in [6, 6.07) is 17.0. The van der Waals surface area contributed by atoms with Crippen LogP contribution in [0.1, 0.15) is 57.1 Å². The Balaban J connectivity index is 1.02. The maximum atomic E-state index is 12.7. The van der Waals surface area contributed by atoms with Crippen molar-refractivity contribution in [3.05, 3.63) is 65.5 Å². The maximum absolute atomic E-state index is 12.7. The minimum absolute atomic E-state index is 0.0864. The first-order valence-electron chi connectivity index (χ1n) is 13.6. The molecular formula is C30H39N5O2. The fraction of sp³-hybridized carbons (Fsp3) is 0.500. The van der Waals surface area contributed by atoms with Gasteiger partial charge in [-0.15, -0.1) is 0 Å². The van der Waals surface area contributed by atoms with Crippen LogP contribution in [-0.4, -0.2) is 53.7 Å². The van der Waals surface area contributed by atoms with Gasteiger partial charge in [0.1, 0.15) is 0 Å². The molecule has 7 nitrogen and oxygen atoms in total. The molecule has 3 heterocycles. The number of piperidine rings is 1. The quantitative estimate of drug-likeness (QED) is 0.446. The summed E-state index contributed by atoms with van der Waals surface area (Å²) in [7, 11) is 0. The van der Waals surface area contributed by atoms with Crippen molar-refractivity contribution in [2.75, 3.05) is 37.6 Å². The van der Waals surface area contributed by atoms with Crippen LogP contribution in [0.2, 0.25) is 0 Å². The number of fused-ring (bicyclic) bond motifs is 1. The van der Waals surface area contributed by atoms with Gasteiger partial charge in [0.25, 0.3) is 0 Å². The molecule has 0 radical (unpaired) electrons. The minimum atomic E-state index is 0.0864. The van der Waals surface area contributed by atoms with Crippen LogP contribution in [0, 0.1) is 5.92 Å². The lowest BCUT2D eigenvalue weighted by Crippen LogP contribution is -2.40. The van der Waals surface area contributed by atoms with Gasteiger partial charge in [-0.3, -0.25) is 9.69 Å². The van der Waals surface area contributed by atoms with Crippen molar-refractivity contribution < 1.29 is 9.32 Å². The van der Waals surface area contributed by atoms with Gasteiger partial charge >= 0.3 is 0 Å². The zero-order valence-corrected chi connectivity index (χ0v) is 22.4. The third-order valence-corrected chi connectivity index (χ3v) is 7.68. The molecule has 0 bridgehead atoms. The molecule has 1 fully saturated rings. The molecule has 37 heavy (non-hydrogen) atoms. The van der Waals surface area contributed by atoms with Crippen molar-refractivity contribution >= 4 is 11.6 Å². The number of benzene rings is 2. The van der Waals surface area contributed by atoms with E-state index in [4.69, 9.17) is 4.52 Å². The second-order valence-electron chi connectivity index (χ2n) is 11.4. The molecule has 196 valence electrons. The van der Waals surface area contributed by atoms with Crippen molar-refractivity contribution in [2.24, 2.45) is 5.92 Å². The summed E-state index contributed by atoms with van der Waals surface area (Å²) >= 11 is 0. The predicted octanol–water partition coefficient (Wildman–Crippen LogP) is 4.82. The maximum Gasteiger partial charge on any atom is 0.241 e. The number of amides is 1. The normalized spacial score (nSPS) is 16.7. The molecule has 1 aromatic heterocycles. The second kappa shape index (κ2) is 11.1. The predicted molar refractivity (Wildman–Crippen MR) is 146 cm³/mol. The standard InChI is InChI=1S/C30H39N5O2/c1-30(2,3)25-11-9-23(10-12-25)28-32-27(37-33-28)21-34-18-13-24(14-19-34)29(36)31-16-6-17-35-20-15-22-7-4-5-8-26(22)35/h4-5,7-12,24H,6,13-21H2,1-3H3,(H,31,36). The highest BCUT2D eigenvalue weighted by atomic mass is 16.5. The van der Waals surface area contributed by atoms with Gasteiger partial charge in [-0.1, -0.05) is 68.4 Å². The Morgan fingerprint density at radius 3 is 2.57 bits per heavy atom. The van der Waals surface area contributed by atoms with Crippen molar-refractivity contribution in [3.8, 4) is 11.4 Å². The Bertz CT molecular complexity index is 1190. The van der Waals surface area contributed by atoms with Crippen LogP contribution in [0.4, 0.5) is 5.69 Å². The molecule has 0 unspecified atom stereocenters. The minimum Gasteiger partial charge on any atom is -0.371 e. The first-order chi connectivity index (χ1) is 17.9. The number of para-hydroxylation sites is 1. The van der Waals surface area contributed by atoms with E-state index in [0.717, 1.165) is 64.0 Å². The van der Waals surface area contributed by atoms with Crippen LogP contribution in [-0.2, 0) is 23.2 Å². The Hall–Kier alpha value is -3.19. The summed E-state index contributed by atoms with van der Waals surface area (Å²) in [5.41, 5.74) is 5.15. The van der Waals surface area contributed by atoms with Gasteiger partial charge in [-0.25, -0.2) is 0 Å². The highest BCUT2D eigenvalue weighted by Gasteiger charge is 2.26. The van der Waals surface area contributed by atoms with Crippen LogP contribution in [0.15, 0.2) is 53.1 Å². The smallest absolute Gasteiger partial charge is 0.241 e. The van der Waals surface area contributed by atoms with E-state index in [1.807, 2.05) is 0 Å². The van der Waals surface area contributed by atoms with E-state index in [2.05, 4.69) is 94.6 Å². The zero-order valence-electron chi connectivity index (χ0n) is 22.4. The first kappa shape index (κ1) is 25.5. The van der Waals surface area contributed by atoms with Crippen molar-refractivity contribution in [3.63, 3.8) is 0 Å². The molecule has 1 amide bonds. The van der Waals surface area contributed by atoms with Crippen molar-refractivity contribution in [1.82, 2.24) is 20.4 Å². The van der Waals surface area contributed by atoms with Crippen molar-refractivity contribution in [1.29, 1.82) is 0 Å². The Morgan fingerprint density at radius 2 is 1.81 bits per heavy atom. The summed E-state index contributed by atoms with van der Waals surface area (Å²) in [4.78, 5) is 22.1. The van der Waals surface area contributed by atoms with E-state index in [1.165, 1.54) is 16.8 Å². The average Bonchev–Trinajstić information content (AvgIpc) is 3.54. The van der Waals surface area contributed by atoms with E-state index in [-0.39, 0.29) is 17.2 Å². The average molecular weight is 502 g/mol. The molecule has 2 aliphatic heterocycles. The van der Waals surface area contributed by atoms with E-state index >= 15 is 0 Å². The largest absolute Gasteiger partial charge is 0.371 e. The van der Waals surface area contributed by atoms with Crippen LogP contribution in [0.25, 0.3) is 11.4 Å². The van der Waals surface area contributed by atoms with Gasteiger partial charge in [-0.2, -0.15) is 4.98 Å². The summed E-state index contributed by atoms with van der Waals surface area (Å²) in [5.74, 6) is 1.53. The Labute approximate surface area is 220 Å². The molecule has 5 rings (SSSR count). The lowest BCUT2D eigenvalue weighted by molar-refractivity contribution is -0.126. The van der Waals surface area contributed by atoms with Crippen LogP contribution in [0.3, 0.4) is 0 Å². The van der Waals surface area contributed by atoms with Crippen LogP contribution >= 0.6 is 0 Å². The molecule has 0 aliphatic carbocycles. The number of anilines is 1. The van der Waals surface area contributed by atoms with Crippen LogP contribution in [0.5, 0.6) is 0 Å². The van der Waals surface area contributed by atoms with Gasteiger partial charge in [0.15, 0.2) is 0 Å².